The van der Waals surface area contributed by atoms with E-state index in [-0.39, 0.29) is 5.91 Å². The van der Waals surface area contributed by atoms with Gasteiger partial charge in [-0.2, -0.15) is 0 Å². The quantitative estimate of drug-likeness (QED) is 0.849. The van der Waals surface area contributed by atoms with Gasteiger partial charge in [0.05, 0.1) is 11.8 Å². The summed E-state index contributed by atoms with van der Waals surface area (Å²) in [7, 11) is 0. The summed E-state index contributed by atoms with van der Waals surface area (Å²) in [6, 6.07) is 1.74. The number of ether oxygens (including phenoxy) is 1. The molecular weight excluding hydrogens is 268 g/mol. The second kappa shape index (κ2) is 7.09. The lowest BCUT2D eigenvalue weighted by atomic mass is 10.1. The van der Waals surface area contributed by atoms with Crippen molar-refractivity contribution in [1.29, 1.82) is 0 Å². The molecule has 0 N–H and O–H groups in total. The van der Waals surface area contributed by atoms with Crippen molar-refractivity contribution in [2.24, 2.45) is 5.92 Å². The predicted octanol–water partition coefficient (Wildman–Crippen LogP) is 1.85. The molecule has 21 heavy (non-hydrogen) atoms. The zero-order valence-electron chi connectivity index (χ0n) is 12.5. The number of hydrogen-bond acceptors (Lipinski definition) is 4. The molecule has 5 heteroatoms. The van der Waals surface area contributed by atoms with E-state index in [0.29, 0.717) is 5.56 Å². The first-order chi connectivity index (χ1) is 10.3. The highest BCUT2D eigenvalue weighted by molar-refractivity contribution is 5.93. The van der Waals surface area contributed by atoms with Gasteiger partial charge in [0.25, 0.3) is 5.91 Å². The minimum atomic E-state index is 0.0924. The average molecular weight is 292 g/mol. The van der Waals surface area contributed by atoms with Gasteiger partial charge in [0.1, 0.15) is 6.26 Å². The highest BCUT2D eigenvalue weighted by Gasteiger charge is 2.22. The molecule has 0 bridgehead atoms. The van der Waals surface area contributed by atoms with Crippen LogP contribution in [-0.2, 0) is 4.74 Å². The standard InChI is InChI=1S/C16H24N2O3/c19-16(15-4-11-21-13-15)18-6-1-5-17(8-9-18)7-2-14-3-10-20-12-14/h4,11,13-14H,1-3,5-10,12H2/t14-/m0/s1. The topological polar surface area (TPSA) is 45.9 Å². The Morgan fingerprint density at radius 1 is 1.29 bits per heavy atom. The van der Waals surface area contributed by atoms with Crippen LogP contribution in [0.1, 0.15) is 29.6 Å². The molecule has 1 amide bonds. The smallest absolute Gasteiger partial charge is 0.257 e. The van der Waals surface area contributed by atoms with Crippen LogP contribution in [0.4, 0.5) is 0 Å². The molecule has 5 nitrogen and oxygen atoms in total. The number of rotatable bonds is 4. The third-order valence-corrected chi connectivity index (χ3v) is 4.52. The van der Waals surface area contributed by atoms with Crippen molar-refractivity contribution < 1.29 is 13.9 Å². The maximum Gasteiger partial charge on any atom is 0.257 e. The number of furan rings is 1. The van der Waals surface area contributed by atoms with Crippen molar-refractivity contribution in [3.05, 3.63) is 24.2 Å². The first-order valence-electron chi connectivity index (χ1n) is 7.94. The third-order valence-electron chi connectivity index (χ3n) is 4.52. The summed E-state index contributed by atoms with van der Waals surface area (Å²) in [5.74, 6) is 0.826. The largest absolute Gasteiger partial charge is 0.472 e. The zero-order valence-corrected chi connectivity index (χ0v) is 12.5. The number of nitrogens with zero attached hydrogens (tertiary/aromatic N) is 2. The van der Waals surface area contributed by atoms with E-state index in [1.54, 1.807) is 12.3 Å². The first-order valence-corrected chi connectivity index (χ1v) is 7.94. The van der Waals surface area contributed by atoms with Crippen molar-refractivity contribution in [3.63, 3.8) is 0 Å². The Hall–Kier alpha value is -1.33. The normalized spacial score (nSPS) is 24.2. The fourth-order valence-electron chi connectivity index (χ4n) is 3.14. The van der Waals surface area contributed by atoms with Crippen LogP contribution >= 0.6 is 0 Å². The van der Waals surface area contributed by atoms with Crippen molar-refractivity contribution >= 4 is 5.91 Å². The van der Waals surface area contributed by atoms with Crippen molar-refractivity contribution in [3.8, 4) is 0 Å². The van der Waals surface area contributed by atoms with E-state index in [0.717, 1.165) is 58.3 Å². The van der Waals surface area contributed by atoms with E-state index < -0.39 is 0 Å². The summed E-state index contributed by atoms with van der Waals surface area (Å²) in [4.78, 5) is 16.8. The number of hydrogen-bond donors (Lipinski definition) is 0. The molecular formula is C16H24N2O3. The Kier molecular flexibility index (Phi) is 4.93. The van der Waals surface area contributed by atoms with E-state index in [1.165, 1.54) is 19.1 Å². The Labute approximate surface area is 125 Å². The molecule has 2 aliphatic rings. The minimum Gasteiger partial charge on any atom is -0.472 e. The Morgan fingerprint density at radius 3 is 3.00 bits per heavy atom. The van der Waals surface area contributed by atoms with Gasteiger partial charge in [-0.25, -0.2) is 0 Å². The van der Waals surface area contributed by atoms with Gasteiger partial charge in [-0.15, -0.1) is 0 Å². The average Bonchev–Trinajstić information content (AvgIpc) is 3.15. The van der Waals surface area contributed by atoms with E-state index >= 15 is 0 Å². The van der Waals surface area contributed by atoms with Gasteiger partial charge in [0.15, 0.2) is 0 Å². The molecule has 116 valence electrons. The second-order valence-corrected chi connectivity index (χ2v) is 6.02. The monoisotopic (exact) mass is 292 g/mol. The maximum absolute atomic E-state index is 12.3. The van der Waals surface area contributed by atoms with E-state index in [4.69, 9.17) is 9.15 Å². The zero-order chi connectivity index (χ0) is 14.5. The van der Waals surface area contributed by atoms with Crippen LogP contribution in [0.5, 0.6) is 0 Å². The van der Waals surface area contributed by atoms with E-state index in [9.17, 15) is 4.79 Å². The van der Waals surface area contributed by atoms with Crippen molar-refractivity contribution in [1.82, 2.24) is 9.80 Å². The predicted molar refractivity (Wildman–Crippen MR) is 79.2 cm³/mol. The summed E-state index contributed by atoms with van der Waals surface area (Å²) in [6.45, 7) is 6.69. The lowest BCUT2D eigenvalue weighted by molar-refractivity contribution is 0.0760. The second-order valence-electron chi connectivity index (χ2n) is 6.02. The van der Waals surface area contributed by atoms with Gasteiger partial charge in [-0.05, 0) is 44.3 Å². The lowest BCUT2D eigenvalue weighted by Gasteiger charge is -2.22. The number of carbonyl (C=O) groups is 1. The fourth-order valence-corrected chi connectivity index (χ4v) is 3.14. The maximum atomic E-state index is 12.3. The molecule has 0 radical (unpaired) electrons. The van der Waals surface area contributed by atoms with E-state index in [2.05, 4.69) is 4.90 Å². The van der Waals surface area contributed by atoms with Crippen LogP contribution in [0.2, 0.25) is 0 Å². The molecule has 2 saturated heterocycles. The fraction of sp³-hybridized carbons (Fsp3) is 0.688. The molecule has 0 unspecified atom stereocenters. The highest BCUT2D eigenvalue weighted by atomic mass is 16.5. The third kappa shape index (κ3) is 3.86. The SMILES string of the molecule is O=C(c1ccoc1)N1CCCN(CC[C@H]2CCOC2)CC1. The Balaban J connectivity index is 1.46. The van der Waals surface area contributed by atoms with Crippen molar-refractivity contribution in [2.45, 2.75) is 19.3 Å². The molecule has 3 rings (SSSR count). The number of carbonyl (C=O) groups excluding carboxylic acids is 1. The lowest BCUT2D eigenvalue weighted by Crippen LogP contribution is -2.35. The van der Waals surface area contributed by atoms with Crippen LogP contribution in [0, 0.1) is 5.92 Å². The van der Waals surface area contributed by atoms with Crippen LogP contribution in [0.25, 0.3) is 0 Å². The van der Waals surface area contributed by atoms with Gasteiger partial charge < -0.3 is 19.0 Å². The molecule has 3 heterocycles. The van der Waals surface area contributed by atoms with Gasteiger partial charge in [0.2, 0.25) is 0 Å². The molecule has 2 aliphatic heterocycles. The van der Waals surface area contributed by atoms with Crippen LogP contribution in [-0.4, -0.2) is 61.6 Å². The van der Waals surface area contributed by atoms with Gasteiger partial charge in [0, 0.05) is 32.8 Å². The first kappa shape index (κ1) is 14.6. The number of amides is 1. The summed E-state index contributed by atoms with van der Waals surface area (Å²) in [6.07, 6.45) is 6.56. The van der Waals surface area contributed by atoms with E-state index in [1.807, 2.05) is 4.90 Å². The Bertz CT molecular complexity index is 440. The molecule has 0 spiro atoms. The summed E-state index contributed by atoms with van der Waals surface area (Å²) in [5, 5.41) is 0. The molecule has 1 aromatic rings. The minimum absolute atomic E-state index is 0.0924. The van der Waals surface area contributed by atoms with Crippen LogP contribution in [0.3, 0.4) is 0 Å². The highest BCUT2D eigenvalue weighted by Crippen LogP contribution is 2.17. The van der Waals surface area contributed by atoms with Crippen LogP contribution < -0.4 is 0 Å². The molecule has 0 saturated carbocycles. The molecule has 0 aromatic carbocycles. The van der Waals surface area contributed by atoms with Crippen LogP contribution in [0.15, 0.2) is 23.0 Å². The summed E-state index contributed by atoms with van der Waals surface area (Å²) < 4.78 is 10.4. The van der Waals surface area contributed by atoms with Crippen molar-refractivity contribution in [2.75, 3.05) is 45.9 Å². The molecule has 1 aromatic heterocycles. The van der Waals surface area contributed by atoms with Gasteiger partial charge in [-0.1, -0.05) is 0 Å². The Morgan fingerprint density at radius 2 is 2.24 bits per heavy atom. The molecule has 2 fully saturated rings. The summed E-state index contributed by atoms with van der Waals surface area (Å²) in [5.41, 5.74) is 0.659. The van der Waals surface area contributed by atoms with Gasteiger partial charge >= 0.3 is 0 Å². The molecule has 0 aliphatic carbocycles. The van der Waals surface area contributed by atoms with Gasteiger partial charge in [-0.3, -0.25) is 4.79 Å². The molecule has 1 atom stereocenters. The summed E-state index contributed by atoms with van der Waals surface area (Å²) >= 11 is 0.